The van der Waals surface area contributed by atoms with Crippen LogP contribution >= 0.6 is 0 Å². The lowest BCUT2D eigenvalue weighted by molar-refractivity contribution is 0.0523. The van der Waals surface area contributed by atoms with E-state index in [1.807, 2.05) is 0 Å². The number of hydrogen-bond acceptors (Lipinski definition) is 7. The number of aromatic nitrogens is 1. The van der Waals surface area contributed by atoms with Crippen molar-refractivity contribution < 1.29 is 32.6 Å². The SMILES string of the molecule is CCOC(=O)c1cn(-c2cc(NC(=O)OC(C)(C)C)c(F)cc2F)c2c(C)c(N)c(OC)cc2c1=O. The number of carbonyl (C=O) groups is 2. The zero-order chi connectivity index (χ0) is 26.9. The maximum atomic E-state index is 15.2. The van der Waals surface area contributed by atoms with Crippen molar-refractivity contribution in [3.05, 3.63) is 57.4 Å². The van der Waals surface area contributed by atoms with Gasteiger partial charge in [-0.1, -0.05) is 0 Å². The minimum atomic E-state index is -1.06. The number of esters is 1. The van der Waals surface area contributed by atoms with Gasteiger partial charge in [0.1, 0.15) is 28.5 Å². The third-order valence-corrected chi connectivity index (χ3v) is 5.19. The number of methoxy groups -OCH3 is 1. The summed E-state index contributed by atoms with van der Waals surface area (Å²) in [5, 5.41) is 2.25. The van der Waals surface area contributed by atoms with Crippen molar-refractivity contribution in [1.82, 2.24) is 4.57 Å². The molecule has 3 aromatic rings. The number of pyridine rings is 1. The number of aryl methyl sites for hydroxylation is 1. The minimum Gasteiger partial charge on any atom is -0.495 e. The van der Waals surface area contributed by atoms with Crippen LogP contribution in [-0.2, 0) is 9.47 Å². The van der Waals surface area contributed by atoms with Crippen molar-refractivity contribution in [2.24, 2.45) is 0 Å². The van der Waals surface area contributed by atoms with Gasteiger partial charge in [-0.05, 0) is 46.8 Å². The predicted octanol–water partition coefficient (Wildman–Crippen LogP) is 4.69. The van der Waals surface area contributed by atoms with Crippen LogP contribution in [-0.4, -0.2) is 35.9 Å². The van der Waals surface area contributed by atoms with Crippen molar-refractivity contribution in [3.8, 4) is 11.4 Å². The van der Waals surface area contributed by atoms with Crippen LogP contribution in [0.1, 0.15) is 43.6 Å². The average Bonchev–Trinajstić information content (AvgIpc) is 2.77. The highest BCUT2D eigenvalue weighted by Crippen LogP contribution is 2.34. The molecule has 192 valence electrons. The second kappa shape index (κ2) is 9.84. The smallest absolute Gasteiger partial charge is 0.412 e. The monoisotopic (exact) mass is 503 g/mol. The fourth-order valence-electron chi connectivity index (χ4n) is 3.62. The van der Waals surface area contributed by atoms with E-state index in [4.69, 9.17) is 19.9 Å². The van der Waals surface area contributed by atoms with Gasteiger partial charge in [-0.3, -0.25) is 10.1 Å². The number of hydrogen-bond donors (Lipinski definition) is 2. The van der Waals surface area contributed by atoms with Gasteiger partial charge in [0.15, 0.2) is 0 Å². The normalized spacial score (nSPS) is 11.3. The largest absolute Gasteiger partial charge is 0.495 e. The lowest BCUT2D eigenvalue weighted by Gasteiger charge is -2.21. The Labute approximate surface area is 205 Å². The lowest BCUT2D eigenvalue weighted by atomic mass is 10.0. The van der Waals surface area contributed by atoms with Gasteiger partial charge in [-0.15, -0.1) is 0 Å². The molecule has 3 N–H and O–H groups in total. The maximum absolute atomic E-state index is 15.2. The first-order chi connectivity index (χ1) is 16.8. The Bertz CT molecular complexity index is 1430. The molecule has 0 unspecified atom stereocenters. The van der Waals surface area contributed by atoms with Crippen LogP contribution in [0.2, 0.25) is 0 Å². The molecule has 0 bridgehead atoms. The summed E-state index contributed by atoms with van der Waals surface area (Å²) in [7, 11) is 1.36. The minimum absolute atomic E-state index is 0.00470. The Morgan fingerprint density at radius 3 is 2.39 bits per heavy atom. The Balaban J connectivity index is 2.35. The van der Waals surface area contributed by atoms with Crippen LogP contribution in [0.4, 0.5) is 25.0 Å². The number of nitrogens with two attached hydrogens (primary N) is 1. The second-order valence-electron chi connectivity index (χ2n) is 8.89. The first-order valence-electron chi connectivity index (χ1n) is 11.0. The van der Waals surface area contributed by atoms with E-state index in [9.17, 15) is 18.8 Å². The molecule has 3 rings (SSSR count). The molecule has 0 spiro atoms. The van der Waals surface area contributed by atoms with E-state index >= 15 is 4.39 Å². The number of carbonyl (C=O) groups excluding carboxylic acids is 2. The molecular formula is C25H27F2N3O6. The van der Waals surface area contributed by atoms with Crippen LogP contribution < -0.4 is 21.2 Å². The molecule has 0 aliphatic carbocycles. The fraction of sp³-hybridized carbons (Fsp3) is 0.320. The molecule has 0 saturated carbocycles. The highest BCUT2D eigenvalue weighted by atomic mass is 19.1. The molecule has 0 radical (unpaired) electrons. The van der Waals surface area contributed by atoms with Crippen molar-refractivity contribution in [3.63, 3.8) is 0 Å². The second-order valence-corrected chi connectivity index (χ2v) is 8.89. The number of fused-ring (bicyclic) bond motifs is 1. The van der Waals surface area contributed by atoms with Crippen LogP contribution in [0.3, 0.4) is 0 Å². The van der Waals surface area contributed by atoms with E-state index < -0.39 is 34.7 Å². The number of amides is 1. The Morgan fingerprint density at radius 2 is 1.81 bits per heavy atom. The van der Waals surface area contributed by atoms with Crippen LogP contribution in [0.5, 0.6) is 5.75 Å². The van der Waals surface area contributed by atoms with E-state index in [-0.39, 0.29) is 45.9 Å². The van der Waals surface area contributed by atoms with Crippen LogP contribution in [0.15, 0.2) is 29.2 Å². The van der Waals surface area contributed by atoms with Crippen molar-refractivity contribution in [2.45, 2.75) is 40.2 Å². The molecular weight excluding hydrogens is 476 g/mol. The quantitative estimate of drug-likeness (QED) is 0.383. The molecule has 0 aliphatic heterocycles. The third-order valence-electron chi connectivity index (χ3n) is 5.19. The van der Waals surface area contributed by atoms with Crippen molar-refractivity contribution in [1.29, 1.82) is 0 Å². The summed E-state index contributed by atoms with van der Waals surface area (Å²) in [5.74, 6) is -2.84. The van der Waals surface area contributed by atoms with E-state index in [1.54, 1.807) is 34.6 Å². The standard InChI is InChI=1S/C25H27F2N3O6/c1-7-35-23(32)14-11-30(21-12(2)20(28)19(34-6)8-13(21)22(14)31)18-10-17(15(26)9-16(18)27)29-24(33)36-25(3,4)5/h8-11H,7,28H2,1-6H3,(H,29,33). The molecule has 2 aromatic carbocycles. The molecule has 1 amide bonds. The molecule has 0 aliphatic rings. The molecule has 1 aromatic heterocycles. The lowest BCUT2D eigenvalue weighted by Crippen LogP contribution is -2.27. The zero-order valence-corrected chi connectivity index (χ0v) is 20.7. The van der Waals surface area contributed by atoms with Gasteiger partial charge in [-0.25, -0.2) is 18.4 Å². The molecule has 36 heavy (non-hydrogen) atoms. The first-order valence-corrected chi connectivity index (χ1v) is 11.0. The van der Waals surface area contributed by atoms with Gasteiger partial charge in [0.2, 0.25) is 5.43 Å². The Hall–Kier alpha value is -4.15. The van der Waals surface area contributed by atoms with Gasteiger partial charge < -0.3 is 24.5 Å². The van der Waals surface area contributed by atoms with Gasteiger partial charge in [0.25, 0.3) is 0 Å². The predicted molar refractivity (Wildman–Crippen MR) is 131 cm³/mol. The van der Waals surface area contributed by atoms with Gasteiger partial charge in [-0.2, -0.15) is 0 Å². The maximum Gasteiger partial charge on any atom is 0.412 e. The van der Waals surface area contributed by atoms with Gasteiger partial charge >= 0.3 is 12.1 Å². The molecule has 11 heteroatoms. The van der Waals surface area contributed by atoms with Crippen molar-refractivity contribution >= 4 is 34.3 Å². The summed E-state index contributed by atoms with van der Waals surface area (Å²) < 4.78 is 46.3. The van der Waals surface area contributed by atoms with E-state index in [0.29, 0.717) is 11.6 Å². The third kappa shape index (κ3) is 5.09. The fourth-order valence-corrected chi connectivity index (χ4v) is 3.62. The van der Waals surface area contributed by atoms with Crippen molar-refractivity contribution in [2.75, 3.05) is 24.8 Å². The Kier molecular flexibility index (Phi) is 7.23. The molecule has 0 atom stereocenters. The Morgan fingerprint density at radius 1 is 1.14 bits per heavy atom. The number of halogens is 2. The zero-order valence-electron chi connectivity index (χ0n) is 20.7. The molecule has 0 fully saturated rings. The highest BCUT2D eigenvalue weighted by Gasteiger charge is 2.24. The van der Waals surface area contributed by atoms with E-state index in [0.717, 1.165) is 12.3 Å². The summed E-state index contributed by atoms with van der Waals surface area (Å²) in [6, 6.07) is 2.92. The molecule has 1 heterocycles. The first kappa shape index (κ1) is 26.5. The summed E-state index contributed by atoms with van der Waals surface area (Å²) in [4.78, 5) is 38.0. The number of nitrogens with one attached hydrogen (secondary N) is 1. The topological polar surface area (TPSA) is 122 Å². The molecule has 0 saturated heterocycles. The summed E-state index contributed by atoms with van der Waals surface area (Å²) in [5.41, 5.74) is 4.25. The number of nitrogen functional groups attached to an aromatic ring is 1. The number of anilines is 2. The van der Waals surface area contributed by atoms with E-state index in [1.165, 1.54) is 17.7 Å². The number of rotatable bonds is 5. The summed E-state index contributed by atoms with van der Waals surface area (Å²) in [6.07, 6.45) is 0.135. The van der Waals surface area contributed by atoms with Crippen LogP contribution in [0.25, 0.3) is 16.6 Å². The number of benzene rings is 2. The van der Waals surface area contributed by atoms with Gasteiger partial charge in [0.05, 0.1) is 41.7 Å². The molecule has 9 nitrogen and oxygen atoms in total. The number of ether oxygens (including phenoxy) is 3. The summed E-state index contributed by atoms with van der Waals surface area (Å²) in [6.45, 7) is 8.04. The average molecular weight is 504 g/mol. The highest BCUT2D eigenvalue weighted by molar-refractivity contribution is 5.97. The summed E-state index contributed by atoms with van der Waals surface area (Å²) >= 11 is 0. The van der Waals surface area contributed by atoms with Gasteiger partial charge in [0, 0.05) is 17.8 Å². The van der Waals surface area contributed by atoms with E-state index in [2.05, 4.69) is 5.32 Å². The van der Waals surface area contributed by atoms with Crippen LogP contribution in [0, 0.1) is 18.6 Å². The number of nitrogens with zero attached hydrogens (tertiary/aromatic N) is 1.